The molecule has 2 aliphatic rings. The van der Waals surface area contributed by atoms with Crippen molar-refractivity contribution < 1.29 is 17.4 Å². The van der Waals surface area contributed by atoms with Gasteiger partial charge in [0.05, 0.1) is 12.2 Å². The molecule has 2 aliphatic heterocycles. The second-order valence-corrected chi connectivity index (χ2v) is 9.18. The molecular weight excluding hydrogens is 368 g/mol. The molecule has 0 unspecified atom stereocenters. The third-order valence-electron chi connectivity index (χ3n) is 5.20. The maximum Gasteiger partial charge on any atom is 0.276 e. The number of furan rings is 1. The Labute approximate surface area is 159 Å². The van der Waals surface area contributed by atoms with Gasteiger partial charge >= 0.3 is 0 Å². The first-order chi connectivity index (χ1) is 13.0. The summed E-state index contributed by atoms with van der Waals surface area (Å²) in [7, 11) is -3.48. The Morgan fingerprint density at radius 1 is 1.00 bits per heavy atom. The molecule has 0 N–H and O–H groups in total. The summed E-state index contributed by atoms with van der Waals surface area (Å²) in [6, 6.07) is 5.34. The molecule has 0 radical (unpaired) electrons. The van der Waals surface area contributed by atoms with Crippen LogP contribution in [0.4, 0.5) is 0 Å². The summed E-state index contributed by atoms with van der Waals surface area (Å²) in [5, 5.41) is 4.12. The molecule has 0 amide bonds. The molecule has 2 saturated heterocycles. The highest BCUT2D eigenvalue weighted by atomic mass is 32.2. The van der Waals surface area contributed by atoms with Crippen LogP contribution in [-0.4, -0.2) is 66.9 Å². The SMILES string of the molecule is Cc1cc(CN2CCN(Cc3ccc(S(=O)(=O)N4CCCC4)o3)CC2)no1. The van der Waals surface area contributed by atoms with Gasteiger partial charge in [0, 0.05) is 51.9 Å². The van der Waals surface area contributed by atoms with E-state index in [4.69, 9.17) is 8.94 Å². The average molecular weight is 394 g/mol. The Morgan fingerprint density at radius 3 is 2.30 bits per heavy atom. The summed E-state index contributed by atoms with van der Waals surface area (Å²) in [5.74, 6) is 1.54. The van der Waals surface area contributed by atoms with E-state index in [1.807, 2.05) is 13.0 Å². The van der Waals surface area contributed by atoms with E-state index < -0.39 is 10.0 Å². The van der Waals surface area contributed by atoms with Gasteiger partial charge in [-0.1, -0.05) is 5.16 Å². The van der Waals surface area contributed by atoms with Crippen LogP contribution in [0.3, 0.4) is 0 Å². The van der Waals surface area contributed by atoms with Crippen LogP contribution in [0.1, 0.15) is 30.1 Å². The molecule has 8 nitrogen and oxygen atoms in total. The van der Waals surface area contributed by atoms with Gasteiger partial charge in [-0.3, -0.25) is 9.80 Å². The Hall–Kier alpha value is -1.68. The van der Waals surface area contributed by atoms with E-state index in [9.17, 15) is 8.42 Å². The van der Waals surface area contributed by atoms with Gasteiger partial charge in [-0.25, -0.2) is 8.42 Å². The standard InChI is InChI=1S/C18H26N4O4S/c1-15-12-16(19-26-15)13-20-8-10-21(11-9-20)14-17-4-5-18(25-17)27(23,24)22-6-2-3-7-22/h4-5,12H,2-3,6-11,13-14H2,1H3. The number of aryl methyl sites for hydroxylation is 1. The molecule has 2 aromatic heterocycles. The van der Waals surface area contributed by atoms with Crippen molar-refractivity contribution in [1.29, 1.82) is 0 Å². The van der Waals surface area contributed by atoms with Crippen molar-refractivity contribution in [2.45, 2.75) is 37.9 Å². The fraction of sp³-hybridized carbons (Fsp3) is 0.611. The van der Waals surface area contributed by atoms with Crippen LogP contribution in [0.15, 0.2) is 32.2 Å². The molecule has 4 heterocycles. The predicted octanol–water partition coefficient (Wildman–Crippen LogP) is 1.68. The van der Waals surface area contributed by atoms with E-state index in [-0.39, 0.29) is 5.09 Å². The van der Waals surface area contributed by atoms with Crippen LogP contribution < -0.4 is 0 Å². The first kappa shape index (κ1) is 18.7. The van der Waals surface area contributed by atoms with E-state index >= 15 is 0 Å². The monoisotopic (exact) mass is 394 g/mol. The Kier molecular flexibility index (Phi) is 5.36. The molecule has 0 bridgehead atoms. The molecule has 27 heavy (non-hydrogen) atoms. The van der Waals surface area contributed by atoms with Crippen LogP contribution in [0.25, 0.3) is 0 Å². The first-order valence-electron chi connectivity index (χ1n) is 9.46. The molecule has 9 heteroatoms. The summed E-state index contributed by atoms with van der Waals surface area (Å²) in [6.45, 7) is 8.19. The summed E-state index contributed by atoms with van der Waals surface area (Å²) in [5.41, 5.74) is 0.962. The summed E-state index contributed by atoms with van der Waals surface area (Å²) in [4.78, 5) is 4.63. The maximum atomic E-state index is 12.6. The molecule has 0 aromatic carbocycles. The fourth-order valence-electron chi connectivity index (χ4n) is 3.69. The number of aromatic nitrogens is 1. The third-order valence-corrected chi connectivity index (χ3v) is 6.98. The van der Waals surface area contributed by atoms with Crippen molar-refractivity contribution in [3.05, 3.63) is 35.4 Å². The number of rotatable bonds is 6. The molecular formula is C18H26N4O4S. The minimum absolute atomic E-state index is 0.0689. The van der Waals surface area contributed by atoms with Crippen LogP contribution >= 0.6 is 0 Å². The van der Waals surface area contributed by atoms with Gasteiger partial charge < -0.3 is 8.94 Å². The van der Waals surface area contributed by atoms with Gasteiger partial charge in [0.25, 0.3) is 10.0 Å². The second kappa shape index (κ2) is 7.75. The van der Waals surface area contributed by atoms with Crippen molar-refractivity contribution in [2.75, 3.05) is 39.3 Å². The van der Waals surface area contributed by atoms with Crippen molar-refractivity contribution in [2.24, 2.45) is 0 Å². The van der Waals surface area contributed by atoms with Crippen LogP contribution in [-0.2, 0) is 23.1 Å². The molecule has 2 aromatic rings. The Morgan fingerprint density at radius 2 is 1.67 bits per heavy atom. The quantitative estimate of drug-likeness (QED) is 0.737. The number of sulfonamides is 1. The van der Waals surface area contributed by atoms with Crippen molar-refractivity contribution in [1.82, 2.24) is 19.3 Å². The maximum absolute atomic E-state index is 12.6. The van der Waals surface area contributed by atoms with E-state index in [1.54, 1.807) is 12.1 Å². The minimum Gasteiger partial charge on any atom is -0.447 e. The zero-order valence-corrected chi connectivity index (χ0v) is 16.4. The van der Waals surface area contributed by atoms with Gasteiger partial charge in [0.2, 0.25) is 5.09 Å². The molecule has 0 spiro atoms. The summed E-state index contributed by atoms with van der Waals surface area (Å²) in [6.07, 6.45) is 1.84. The van der Waals surface area contributed by atoms with Gasteiger partial charge in [-0.05, 0) is 31.9 Å². The average Bonchev–Trinajstić information content (AvgIpc) is 3.39. The van der Waals surface area contributed by atoms with E-state index in [0.29, 0.717) is 25.4 Å². The van der Waals surface area contributed by atoms with Crippen molar-refractivity contribution >= 4 is 10.0 Å². The number of hydrogen-bond acceptors (Lipinski definition) is 7. The van der Waals surface area contributed by atoms with Gasteiger partial charge in [-0.2, -0.15) is 4.31 Å². The van der Waals surface area contributed by atoms with E-state index in [1.165, 1.54) is 4.31 Å². The largest absolute Gasteiger partial charge is 0.447 e. The summed E-state index contributed by atoms with van der Waals surface area (Å²) >= 11 is 0. The zero-order chi connectivity index (χ0) is 18.9. The number of piperazine rings is 1. The molecule has 148 valence electrons. The Bertz CT molecular complexity index is 862. The van der Waals surface area contributed by atoms with E-state index in [0.717, 1.165) is 57.0 Å². The third kappa shape index (κ3) is 4.26. The molecule has 2 fully saturated rings. The van der Waals surface area contributed by atoms with Crippen molar-refractivity contribution in [3.63, 3.8) is 0 Å². The van der Waals surface area contributed by atoms with Gasteiger partial charge in [0.15, 0.2) is 0 Å². The zero-order valence-electron chi connectivity index (χ0n) is 15.6. The molecule has 0 aliphatic carbocycles. The van der Waals surface area contributed by atoms with Gasteiger partial charge in [0.1, 0.15) is 11.5 Å². The summed E-state index contributed by atoms with van der Waals surface area (Å²) < 4.78 is 37.4. The minimum atomic E-state index is -3.48. The lowest BCUT2D eigenvalue weighted by molar-refractivity contribution is 0.113. The Balaban J connectivity index is 1.30. The molecule has 4 rings (SSSR count). The van der Waals surface area contributed by atoms with Crippen LogP contribution in [0, 0.1) is 6.92 Å². The first-order valence-corrected chi connectivity index (χ1v) is 10.9. The van der Waals surface area contributed by atoms with Crippen LogP contribution in [0.2, 0.25) is 0 Å². The normalized spacial score (nSPS) is 20.5. The highest BCUT2D eigenvalue weighted by Crippen LogP contribution is 2.23. The topological polar surface area (TPSA) is 83.0 Å². The number of nitrogens with zero attached hydrogens (tertiary/aromatic N) is 4. The number of hydrogen-bond donors (Lipinski definition) is 0. The molecule has 0 atom stereocenters. The molecule has 0 saturated carbocycles. The second-order valence-electron chi connectivity index (χ2n) is 7.31. The fourth-order valence-corrected chi connectivity index (χ4v) is 5.13. The lowest BCUT2D eigenvalue weighted by Gasteiger charge is -2.33. The van der Waals surface area contributed by atoms with E-state index in [2.05, 4.69) is 15.0 Å². The van der Waals surface area contributed by atoms with Gasteiger partial charge in [-0.15, -0.1) is 0 Å². The lowest BCUT2D eigenvalue weighted by atomic mass is 10.2. The predicted molar refractivity (Wildman–Crippen MR) is 98.5 cm³/mol. The van der Waals surface area contributed by atoms with Crippen LogP contribution in [0.5, 0.6) is 0 Å². The van der Waals surface area contributed by atoms with Crippen molar-refractivity contribution in [3.8, 4) is 0 Å². The highest BCUT2D eigenvalue weighted by molar-refractivity contribution is 7.89. The highest BCUT2D eigenvalue weighted by Gasteiger charge is 2.30. The lowest BCUT2D eigenvalue weighted by Crippen LogP contribution is -2.45. The smallest absolute Gasteiger partial charge is 0.276 e.